The lowest BCUT2D eigenvalue weighted by Gasteiger charge is -2.19. The van der Waals surface area contributed by atoms with Crippen molar-refractivity contribution in [2.24, 2.45) is 5.73 Å². The highest BCUT2D eigenvalue weighted by Gasteiger charge is 2.18. The third-order valence-electron chi connectivity index (χ3n) is 5.46. The SMILES string of the molecule is CCNC(=O)NCc1cccc(Nc2c(C(N)=O)cnc3cc(OCC)c(OCC)cc23)c1CC. The number of pyridine rings is 1. The molecule has 0 atom stereocenters. The molecule has 9 nitrogen and oxygen atoms in total. The number of hydrogen-bond acceptors (Lipinski definition) is 6. The molecule has 0 saturated carbocycles. The summed E-state index contributed by atoms with van der Waals surface area (Å²) in [7, 11) is 0. The Hall–Kier alpha value is -4.01. The Balaban J connectivity index is 2.10. The van der Waals surface area contributed by atoms with Gasteiger partial charge in [-0.1, -0.05) is 19.1 Å². The number of ether oxygens (including phenoxy) is 2. The molecule has 0 saturated heterocycles. The monoisotopic (exact) mass is 479 g/mol. The van der Waals surface area contributed by atoms with E-state index in [1.54, 1.807) is 6.07 Å². The van der Waals surface area contributed by atoms with Crippen molar-refractivity contribution in [3.8, 4) is 11.5 Å². The maximum atomic E-state index is 12.3. The van der Waals surface area contributed by atoms with Gasteiger partial charge in [-0.25, -0.2) is 4.79 Å². The van der Waals surface area contributed by atoms with Gasteiger partial charge in [-0.3, -0.25) is 9.78 Å². The van der Waals surface area contributed by atoms with E-state index in [-0.39, 0.29) is 11.6 Å². The Morgan fingerprint density at radius 1 is 1.00 bits per heavy atom. The van der Waals surface area contributed by atoms with Gasteiger partial charge in [0.25, 0.3) is 5.91 Å². The fourth-order valence-corrected chi connectivity index (χ4v) is 3.93. The van der Waals surface area contributed by atoms with Crippen LogP contribution in [0.1, 0.15) is 49.2 Å². The predicted octanol–water partition coefficient (Wildman–Crippen LogP) is 4.26. The van der Waals surface area contributed by atoms with Gasteiger partial charge in [-0.15, -0.1) is 0 Å². The zero-order valence-corrected chi connectivity index (χ0v) is 20.7. The lowest BCUT2D eigenvalue weighted by Crippen LogP contribution is -2.34. The molecular weight excluding hydrogens is 446 g/mol. The average molecular weight is 480 g/mol. The maximum absolute atomic E-state index is 12.3. The van der Waals surface area contributed by atoms with E-state index in [9.17, 15) is 9.59 Å². The van der Waals surface area contributed by atoms with Gasteiger partial charge in [0.1, 0.15) is 0 Å². The molecule has 186 valence electrons. The third-order valence-corrected chi connectivity index (χ3v) is 5.46. The highest BCUT2D eigenvalue weighted by molar-refractivity contribution is 6.08. The number of nitrogens with two attached hydrogens (primary N) is 1. The molecule has 2 aromatic carbocycles. The van der Waals surface area contributed by atoms with Crippen molar-refractivity contribution in [2.45, 2.75) is 40.7 Å². The molecule has 3 rings (SSSR count). The maximum Gasteiger partial charge on any atom is 0.315 e. The second-order valence-electron chi connectivity index (χ2n) is 7.73. The Morgan fingerprint density at radius 2 is 1.71 bits per heavy atom. The molecule has 0 fully saturated rings. The van der Waals surface area contributed by atoms with Crippen LogP contribution < -0.4 is 31.2 Å². The van der Waals surface area contributed by atoms with Crippen molar-refractivity contribution in [1.29, 1.82) is 0 Å². The minimum Gasteiger partial charge on any atom is -0.490 e. The van der Waals surface area contributed by atoms with Crippen LogP contribution in [0.25, 0.3) is 10.9 Å². The summed E-state index contributed by atoms with van der Waals surface area (Å²) < 4.78 is 11.5. The van der Waals surface area contributed by atoms with Crippen molar-refractivity contribution in [2.75, 3.05) is 25.1 Å². The van der Waals surface area contributed by atoms with E-state index < -0.39 is 5.91 Å². The van der Waals surface area contributed by atoms with Gasteiger partial charge in [0.2, 0.25) is 0 Å². The fourth-order valence-electron chi connectivity index (χ4n) is 3.93. The second-order valence-corrected chi connectivity index (χ2v) is 7.73. The quantitative estimate of drug-likeness (QED) is 0.325. The number of benzene rings is 2. The molecule has 35 heavy (non-hydrogen) atoms. The summed E-state index contributed by atoms with van der Waals surface area (Å²) in [6.07, 6.45) is 2.18. The number of primary amides is 1. The fraction of sp³-hybridized carbons (Fsp3) is 0.346. The van der Waals surface area contributed by atoms with Gasteiger partial charge in [0.15, 0.2) is 11.5 Å². The van der Waals surface area contributed by atoms with Crippen LogP contribution in [0.2, 0.25) is 0 Å². The third kappa shape index (κ3) is 5.92. The van der Waals surface area contributed by atoms with Crippen molar-refractivity contribution in [3.05, 3.63) is 53.2 Å². The molecule has 0 aliphatic carbocycles. The molecule has 0 radical (unpaired) electrons. The minimum atomic E-state index is -0.596. The number of fused-ring (bicyclic) bond motifs is 1. The number of nitrogens with one attached hydrogen (secondary N) is 3. The molecule has 3 aromatic rings. The average Bonchev–Trinajstić information content (AvgIpc) is 2.83. The smallest absolute Gasteiger partial charge is 0.315 e. The van der Waals surface area contributed by atoms with Crippen molar-refractivity contribution < 1.29 is 19.1 Å². The summed E-state index contributed by atoms with van der Waals surface area (Å²) in [5, 5.41) is 9.71. The Kier molecular flexibility index (Phi) is 8.72. The summed E-state index contributed by atoms with van der Waals surface area (Å²) >= 11 is 0. The van der Waals surface area contributed by atoms with Gasteiger partial charge in [0, 0.05) is 36.4 Å². The van der Waals surface area contributed by atoms with Crippen LogP contribution in [0.3, 0.4) is 0 Å². The van der Waals surface area contributed by atoms with Crippen molar-refractivity contribution in [3.63, 3.8) is 0 Å². The van der Waals surface area contributed by atoms with Crippen molar-refractivity contribution >= 4 is 34.2 Å². The first kappa shape index (κ1) is 25.6. The molecule has 3 amide bonds. The van der Waals surface area contributed by atoms with E-state index >= 15 is 0 Å². The van der Waals surface area contributed by atoms with Gasteiger partial charge in [0.05, 0.1) is 30.0 Å². The number of carbonyl (C=O) groups excluding carboxylic acids is 2. The zero-order chi connectivity index (χ0) is 25.4. The van der Waals surface area contributed by atoms with Gasteiger partial charge in [-0.05, 0) is 50.5 Å². The number of carbonyl (C=O) groups is 2. The highest BCUT2D eigenvalue weighted by Crippen LogP contribution is 2.38. The van der Waals surface area contributed by atoms with E-state index in [0.29, 0.717) is 60.8 Å². The lowest BCUT2D eigenvalue weighted by atomic mass is 10.0. The van der Waals surface area contributed by atoms with Gasteiger partial charge < -0.3 is 31.2 Å². The topological polar surface area (TPSA) is 128 Å². The first-order valence-electron chi connectivity index (χ1n) is 11.8. The van der Waals surface area contributed by atoms with Crippen LogP contribution in [0.4, 0.5) is 16.2 Å². The van der Waals surface area contributed by atoms with Crippen LogP contribution in [0, 0.1) is 0 Å². The van der Waals surface area contributed by atoms with Crippen LogP contribution in [0.15, 0.2) is 36.5 Å². The Labute approximate surface area is 205 Å². The van der Waals surface area contributed by atoms with E-state index in [4.69, 9.17) is 15.2 Å². The number of nitrogens with zero attached hydrogens (tertiary/aromatic N) is 1. The summed E-state index contributed by atoms with van der Waals surface area (Å²) in [5.41, 5.74) is 9.94. The molecule has 0 spiro atoms. The van der Waals surface area contributed by atoms with E-state index in [2.05, 4.69) is 20.9 Å². The molecule has 0 aliphatic rings. The minimum absolute atomic E-state index is 0.224. The normalized spacial score (nSPS) is 10.6. The van der Waals surface area contributed by atoms with E-state index in [1.165, 1.54) is 6.20 Å². The van der Waals surface area contributed by atoms with Gasteiger partial charge in [-0.2, -0.15) is 0 Å². The summed E-state index contributed by atoms with van der Waals surface area (Å²) in [4.78, 5) is 28.7. The summed E-state index contributed by atoms with van der Waals surface area (Å²) in [5.74, 6) is 0.546. The molecule has 0 unspecified atom stereocenters. The second kappa shape index (κ2) is 11.9. The highest BCUT2D eigenvalue weighted by atomic mass is 16.5. The molecule has 1 aromatic heterocycles. The molecular formula is C26H33N5O4. The van der Waals surface area contributed by atoms with Crippen LogP contribution >= 0.6 is 0 Å². The number of hydrogen-bond donors (Lipinski definition) is 4. The Bertz CT molecular complexity index is 1210. The lowest BCUT2D eigenvalue weighted by molar-refractivity contribution is 0.100. The molecule has 5 N–H and O–H groups in total. The Morgan fingerprint density at radius 3 is 2.34 bits per heavy atom. The number of urea groups is 1. The number of aromatic nitrogens is 1. The molecule has 1 heterocycles. The first-order chi connectivity index (χ1) is 16.9. The van der Waals surface area contributed by atoms with Gasteiger partial charge >= 0.3 is 6.03 Å². The molecule has 0 aliphatic heterocycles. The first-order valence-corrected chi connectivity index (χ1v) is 11.8. The van der Waals surface area contributed by atoms with Crippen molar-refractivity contribution in [1.82, 2.24) is 15.6 Å². The van der Waals surface area contributed by atoms with Crippen LogP contribution in [-0.4, -0.2) is 36.7 Å². The summed E-state index contributed by atoms with van der Waals surface area (Å²) in [6, 6.07) is 9.20. The van der Waals surface area contributed by atoms with Crippen LogP contribution in [-0.2, 0) is 13.0 Å². The molecule has 0 bridgehead atoms. The number of rotatable bonds is 11. The van der Waals surface area contributed by atoms with E-state index in [1.807, 2.05) is 52.0 Å². The van der Waals surface area contributed by atoms with E-state index in [0.717, 1.165) is 16.8 Å². The molecule has 9 heteroatoms. The summed E-state index contributed by atoms with van der Waals surface area (Å²) in [6.45, 7) is 9.55. The predicted molar refractivity (Wildman–Crippen MR) is 138 cm³/mol. The standard InChI is InChI=1S/C26H33N5O4/c1-5-17-16(14-30-26(33)28-6-2)10-9-11-20(17)31-24-18-12-22(34-7-3)23(35-8-4)13-21(18)29-15-19(24)25(27)32/h9-13,15H,5-8,14H2,1-4H3,(H2,27,32)(H,29,31)(H2,28,30,33). The van der Waals surface area contributed by atoms with Crippen LogP contribution in [0.5, 0.6) is 11.5 Å². The number of anilines is 2. The number of amides is 3. The zero-order valence-electron chi connectivity index (χ0n) is 20.7. The largest absolute Gasteiger partial charge is 0.490 e.